The number of nitrogens with two attached hydrogens (primary N) is 1. The maximum absolute atomic E-state index is 13.4. The van der Waals surface area contributed by atoms with Crippen LogP contribution in [0.4, 0.5) is 4.39 Å². The first-order chi connectivity index (χ1) is 8.49. The lowest BCUT2D eigenvalue weighted by Gasteiger charge is -2.32. The minimum Gasteiger partial charge on any atom is -0.329 e. The van der Waals surface area contributed by atoms with Crippen molar-refractivity contribution in [3.63, 3.8) is 0 Å². The van der Waals surface area contributed by atoms with Gasteiger partial charge in [-0.1, -0.05) is 24.9 Å². The van der Waals surface area contributed by atoms with E-state index in [-0.39, 0.29) is 11.9 Å². The van der Waals surface area contributed by atoms with E-state index in [9.17, 15) is 4.39 Å². The first-order valence-corrected chi connectivity index (χ1v) is 6.75. The SMILES string of the molecule is CCCC(C)N(C)C(CN)c1cc(F)cc(Cl)c1. The third-order valence-corrected chi connectivity index (χ3v) is 3.60. The highest BCUT2D eigenvalue weighted by molar-refractivity contribution is 6.30. The number of likely N-dealkylation sites (N-methyl/N-ethyl adjacent to an activating group) is 1. The number of rotatable bonds is 6. The summed E-state index contributed by atoms with van der Waals surface area (Å²) >= 11 is 5.90. The summed E-state index contributed by atoms with van der Waals surface area (Å²) in [6, 6.07) is 5.02. The Kier molecular flexibility index (Phi) is 6.06. The summed E-state index contributed by atoms with van der Waals surface area (Å²) in [7, 11) is 2.02. The van der Waals surface area contributed by atoms with Crippen LogP contribution in [0, 0.1) is 5.82 Å². The molecule has 0 bridgehead atoms. The molecule has 2 unspecified atom stereocenters. The lowest BCUT2D eigenvalue weighted by molar-refractivity contribution is 0.179. The van der Waals surface area contributed by atoms with Gasteiger partial charge in [0.05, 0.1) is 0 Å². The quantitative estimate of drug-likeness (QED) is 0.857. The molecule has 0 heterocycles. The van der Waals surface area contributed by atoms with Gasteiger partial charge >= 0.3 is 0 Å². The molecule has 0 saturated heterocycles. The van der Waals surface area contributed by atoms with Gasteiger partial charge in [0.1, 0.15) is 5.82 Å². The highest BCUT2D eigenvalue weighted by atomic mass is 35.5. The van der Waals surface area contributed by atoms with Crippen molar-refractivity contribution in [3.8, 4) is 0 Å². The largest absolute Gasteiger partial charge is 0.329 e. The van der Waals surface area contributed by atoms with Crippen LogP contribution in [0.3, 0.4) is 0 Å². The van der Waals surface area contributed by atoms with Crippen LogP contribution in [0.2, 0.25) is 5.02 Å². The third kappa shape index (κ3) is 3.94. The Morgan fingerprint density at radius 2 is 2.06 bits per heavy atom. The summed E-state index contributed by atoms with van der Waals surface area (Å²) in [6.07, 6.45) is 2.21. The van der Waals surface area contributed by atoms with Crippen LogP contribution in [0.1, 0.15) is 38.3 Å². The second kappa shape index (κ2) is 7.07. The van der Waals surface area contributed by atoms with Crippen molar-refractivity contribution in [1.29, 1.82) is 0 Å². The van der Waals surface area contributed by atoms with E-state index in [0.29, 0.717) is 17.6 Å². The summed E-state index contributed by atoms with van der Waals surface area (Å²) in [6.45, 7) is 4.76. The Bertz CT molecular complexity index is 364. The molecule has 0 radical (unpaired) electrons. The van der Waals surface area contributed by atoms with Gasteiger partial charge in [-0.15, -0.1) is 0 Å². The zero-order valence-electron chi connectivity index (χ0n) is 11.3. The Balaban J connectivity index is 2.94. The third-order valence-electron chi connectivity index (χ3n) is 3.39. The van der Waals surface area contributed by atoms with Crippen molar-refractivity contribution >= 4 is 11.6 Å². The van der Waals surface area contributed by atoms with Gasteiger partial charge in [-0.05, 0) is 44.2 Å². The van der Waals surface area contributed by atoms with E-state index in [0.717, 1.165) is 18.4 Å². The van der Waals surface area contributed by atoms with Crippen molar-refractivity contribution in [2.45, 2.75) is 38.8 Å². The van der Waals surface area contributed by atoms with Gasteiger partial charge in [0.2, 0.25) is 0 Å². The molecule has 2 nitrogen and oxygen atoms in total. The van der Waals surface area contributed by atoms with Crippen molar-refractivity contribution in [2.24, 2.45) is 5.73 Å². The molecule has 0 aliphatic carbocycles. The lowest BCUT2D eigenvalue weighted by atomic mass is 10.0. The van der Waals surface area contributed by atoms with E-state index in [1.807, 2.05) is 7.05 Å². The van der Waals surface area contributed by atoms with E-state index in [1.54, 1.807) is 6.07 Å². The zero-order chi connectivity index (χ0) is 13.7. The summed E-state index contributed by atoms with van der Waals surface area (Å²) in [5, 5.41) is 0.417. The number of hydrogen-bond donors (Lipinski definition) is 1. The maximum Gasteiger partial charge on any atom is 0.125 e. The predicted octanol–water partition coefficient (Wildman–Crippen LogP) is 3.60. The smallest absolute Gasteiger partial charge is 0.125 e. The molecule has 1 aromatic carbocycles. The minimum atomic E-state index is -0.313. The Morgan fingerprint density at radius 3 is 2.56 bits per heavy atom. The highest BCUT2D eigenvalue weighted by Crippen LogP contribution is 2.25. The molecular formula is C14H22ClFN2. The lowest BCUT2D eigenvalue weighted by Crippen LogP contribution is -2.37. The number of halogens is 2. The van der Waals surface area contributed by atoms with Crippen molar-refractivity contribution in [1.82, 2.24) is 4.90 Å². The molecule has 1 rings (SSSR count). The standard InChI is InChI=1S/C14H22ClFN2/c1-4-5-10(2)18(3)14(9-17)11-6-12(15)8-13(16)7-11/h6-8,10,14H,4-5,9,17H2,1-3H3. The van der Waals surface area contributed by atoms with Gasteiger partial charge in [-0.3, -0.25) is 4.90 Å². The molecule has 0 saturated carbocycles. The van der Waals surface area contributed by atoms with E-state index < -0.39 is 0 Å². The van der Waals surface area contributed by atoms with Gasteiger partial charge in [0, 0.05) is 23.7 Å². The zero-order valence-corrected chi connectivity index (χ0v) is 12.0. The average Bonchev–Trinajstić information content (AvgIpc) is 2.28. The van der Waals surface area contributed by atoms with Gasteiger partial charge < -0.3 is 5.73 Å². The van der Waals surface area contributed by atoms with Gasteiger partial charge in [-0.2, -0.15) is 0 Å². The molecule has 0 aliphatic heterocycles. The van der Waals surface area contributed by atoms with Crippen LogP contribution in [0.25, 0.3) is 0 Å². The molecule has 0 fully saturated rings. The molecule has 4 heteroatoms. The molecule has 102 valence electrons. The summed E-state index contributed by atoms with van der Waals surface area (Å²) < 4.78 is 13.4. The molecule has 0 aromatic heterocycles. The van der Waals surface area contributed by atoms with Crippen molar-refractivity contribution < 1.29 is 4.39 Å². The number of nitrogens with zero attached hydrogens (tertiary/aromatic N) is 1. The average molecular weight is 273 g/mol. The van der Waals surface area contributed by atoms with Crippen LogP contribution in [0.15, 0.2) is 18.2 Å². The molecule has 2 N–H and O–H groups in total. The molecule has 2 atom stereocenters. The summed E-state index contributed by atoms with van der Waals surface area (Å²) in [4.78, 5) is 2.19. The monoisotopic (exact) mass is 272 g/mol. The summed E-state index contributed by atoms with van der Waals surface area (Å²) in [5.74, 6) is -0.313. The van der Waals surface area contributed by atoms with E-state index in [1.165, 1.54) is 12.1 Å². The first-order valence-electron chi connectivity index (χ1n) is 6.37. The molecule has 18 heavy (non-hydrogen) atoms. The topological polar surface area (TPSA) is 29.3 Å². The van der Waals surface area contributed by atoms with E-state index in [4.69, 9.17) is 17.3 Å². The number of benzene rings is 1. The van der Waals surface area contributed by atoms with Crippen LogP contribution in [-0.4, -0.2) is 24.5 Å². The second-order valence-electron chi connectivity index (χ2n) is 4.76. The Hall–Kier alpha value is -0.640. The van der Waals surface area contributed by atoms with Crippen LogP contribution >= 0.6 is 11.6 Å². The molecule has 0 aliphatic rings. The fraction of sp³-hybridized carbons (Fsp3) is 0.571. The number of hydrogen-bond acceptors (Lipinski definition) is 2. The minimum absolute atomic E-state index is 0.000231. The van der Waals surface area contributed by atoms with Crippen LogP contribution < -0.4 is 5.73 Å². The van der Waals surface area contributed by atoms with Crippen molar-refractivity contribution in [2.75, 3.05) is 13.6 Å². The van der Waals surface area contributed by atoms with Gasteiger partial charge in [0.15, 0.2) is 0 Å². The highest BCUT2D eigenvalue weighted by Gasteiger charge is 2.20. The molecular weight excluding hydrogens is 251 g/mol. The Morgan fingerprint density at radius 1 is 1.39 bits per heavy atom. The predicted molar refractivity (Wildman–Crippen MR) is 75.3 cm³/mol. The maximum atomic E-state index is 13.4. The first kappa shape index (κ1) is 15.4. The van der Waals surface area contributed by atoms with Crippen LogP contribution in [-0.2, 0) is 0 Å². The Labute approximate surface area is 114 Å². The van der Waals surface area contributed by atoms with Gasteiger partial charge in [0.25, 0.3) is 0 Å². The van der Waals surface area contributed by atoms with E-state index >= 15 is 0 Å². The fourth-order valence-corrected chi connectivity index (χ4v) is 2.46. The summed E-state index contributed by atoms with van der Waals surface area (Å²) in [5.41, 5.74) is 6.67. The van der Waals surface area contributed by atoms with Crippen molar-refractivity contribution in [3.05, 3.63) is 34.6 Å². The fourth-order valence-electron chi connectivity index (χ4n) is 2.23. The second-order valence-corrected chi connectivity index (χ2v) is 5.19. The van der Waals surface area contributed by atoms with Gasteiger partial charge in [-0.25, -0.2) is 4.39 Å². The van der Waals surface area contributed by atoms with Crippen LogP contribution in [0.5, 0.6) is 0 Å². The normalized spacial score (nSPS) is 14.8. The molecule has 0 spiro atoms. The molecule has 1 aromatic rings. The molecule has 0 amide bonds. The van der Waals surface area contributed by atoms with E-state index in [2.05, 4.69) is 18.7 Å².